The first-order valence-corrected chi connectivity index (χ1v) is 9.32. The monoisotopic (exact) mass is 510 g/mol. The van der Waals surface area contributed by atoms with E-state index in [1.54, 1.807) is 30.3 Å². The van der Waals surface area contributed by atoms with Crippen LogP contribution in [-0.4, -0.2) is 48.9 Å². The number of guanidine groups is 1. The molecule has 2 aromatic rings. The number of hydrogen-bond acceptors (Lipinski definition) is 3. The van der Waals surface area contributed by atoms with E-state index in [9.17, 15) is 14.0 Å². The number of amides is 2. The van der Waals surface area contributed by atoms with Gasteiger partial charge in [-0.2, -0.15) is 0 Å². The Balaban J connectivity index is 0.00000300. The van der Waals surface area contributed by atoms with Gasteiger partial charge in [0.25, 0.3) is 11.8 Å². The lowest BCUT2D eigenvalue weighted by atomic mass is 10.1. The van der Waals surface area contributed by atoms with Gasteiger partial charge in [0.2, 0.25) is 0 Å². The maximum absolute atomic E-state index is 13.2. The van der Waals surface area contributed by atoms with Gasteiger partial charge >= 0.3 is 0 Å². The number of carbonyl (C=O) groups is 2. The lowest BCUT2D eigenvalue weighted by Gasteiger charge is -2.16. The second kappa shape index (κ2) is 10.9. The van der Waals surface area contributed by atoms with E-state index in [1.165, 1.54) is 17.0 Å². The summed E-state index contributed by atoms with van der Waals surface area (Å²) in [6, 6.07) is 13.3. The zero-order chi connectivity index (χ0) is 19.9. The first-order valence-electron chi connectivity index (χ1n) is 9.32. The maximum Gasteiger partial charge on any atom is 0.261 e. The lowest BCUT2D eigenvalue weighted by Crippen LogP contribution is -2.43. The van der Waals surface area contributed by atoms with E-state index >= 15 is 0 Å². The number of aliphatic imine (C=N–C) groups is 1. The van der Waals surface area contributed by atoms with E-state index in [-0.39, 0.29) is 48.2 Å². The number of nitrogens with one attached hydrogen (secondary N) is 2. The lowest BCUT2D eigenvalue weighted by molar-refractivity contribution is 0.0657. The molecule has 1 aliphatic heterocycles. The van der Waals surface area contributed by atoms with Gasteiger partial charge in [0.1, 0.15) is 5.82 Å². The molecule has 6 nitrogen and oxygen atoms in total. The molecule has 1 heterocycles. The Hall–Kier alpha value is -2.49. The summed E-state index contributed by atoms with van der Waals surface area (Å²) in [5.41, 5.74) is 1.77. The quantitative estimate of drug-likeness (QED) is 0.260. The molecule has 0 atom stereocenters. The third-order valence-corrected chi connectivity index (χ3v) is 4.41. The molecule has 0 unspecified atom stereocenters. The van der Waals surface area contributed by atoms with Crippen molar-refractivity contribution in [2.45, 2.75) is 13.3 Å². The van der Waals surface area contributed by atoms with Gasteiger partial charge in [-0.1, -0.05) is 24.3 Å². The summed E-state index contributed by atoms with van der Waals surface area (Å²) in [6.45, 7) is 3.76. The number of fused-ring (bicyclic) bond motifs is 1. The van der Waals surface area contributed by atoms with Crippen LogP contribution in [0.2, 0.25) is 0 Å². The Bertz CT molecular complexity index is 869. The van der Waals surface area contributed by atoms with Crippen LogP contribution in [0.25, 0.3) is 0 Å². The first-order chi connectivity index (χ1) is 13.6. The number of benzene rings is 2. The molecule has 0 aliphatic carbocycles. The standard InChI is InChI=1S/C21H23FN4O2.HI/c1-2-23-21(24-11-10-15-6-5-7-16(22)14-15)25-12-13-26-19(27)17-8-3-4-9-18(17)20(26)28;/h3-9,14H,2,10-13H2,1H3,(H2,23,24,25);1H. The van der Waals surface area contributed by atoms with Gasteiger partial charge in [-0.05, 0) is 43.2 Å². The van der Waals surface area contributed by atoms with Gasteiger partial charge in [0, 0.05) is 26.2 Å². The predicted molar refractivity (Wildman–Crippen MR) is 121 cm³/mol. The summed E-state index contributed by atoms with van der Waals surface area (Å²) in [5.74, 6) is -0.200. The van der Waals surface area contributed by atoms with Crippen LogP contribution in [-0.2, 0) is 6.42 Å². The molecule has 29 heavy (non-hydrogen) atoms. The van der Waals surface area contributed by atoms with Gasteiger partial charge in [0.15, 0.2) is 5.96 Å². The van der Waals surface area contributed by atoms with Crippen LogP contribution in [0.3, 0.4) is 0 Å². The highest BCUT2D eigenvalue weighted by atomic mass is 127. The van der Waals surface area contributed by atoms with Crippen LogP contribution in [0.1, 0.15) is 33.2 Å². The molecular weight excluding hydrogens is 486 g/mol. The third-order valence-electron chi connectivity index (χ3n) is 4.41. The van der Waals surface area contributed by atoms with Crippen molar-refractivity contribution in [2.75, 3.05) is 26.2 Å². The van der Waals surface area contributed by atoms with E-state index in [0.717, 1.165) is 5.56 Å². The normalized spacial score (nSPS) is 13.2. The minimum absolute atomic E-state index is 0. The average molecular weight is 510 g/mol. The predicted octanol–water partition coefficient (Wildman–Crippen LogP) is 2.84. The van der Waals surface area contributed by atoms with Crippen molar-refractivity contribution in [3.05, 3.63) is 71.0 Å². The molecule has 2 amide bonds. The Kier molecular flexibility index (Phi) is 8.56. The molecule has 0 bridgehead atoms. The Morgan fingerprint density at radius 2 is 1.72 bits per heavy atom. The number of nitrogens with zero attached hydrogens (tertiary/aromatic N) is 2. The molecule has 0 radical (unpaired) electrons. The van der Waals surface area contributed by atoms with Gasteiger partial charge in [0.05, 0.1) is 11.1 Å². The summed E-state index contributed by atoms with van der Waals surface area (Å²) < 4.78 is 13.2. The molecule has 1 aliphatic rings. The number of rotatable bonds is 7. The molecular formula is C21H24FIN4O2. The largest absolute Gasteiger partial charge is 0.357 e. The average Bonchev–Trinajstić information content (AvgIpc) is 2.93. The number of hydrogen-bond donors (Lipinski definition) is 2. The molecule has 0 saturated carbocycles. The van der Waals surface area contributed by atoms with Crippen LogP contribution in [0.4, 0.5) is 4.39 Å². The van der Waals surface area contributed by atoms with E-state index in [0.29, 0.717) is 43.1 Å². The van der Waals surface area contributed by atoms with Crippen LogP contribution in [0.15, 0.2) is 53.5 Å². The van der Waals surface area contributed by atoms with E-state index < -0.39 is 0 Å². The van der Waals surface area contributed by atoms with E-state index in [1.807, 2.05) is 13.0 Å². The maximum atomic E-state index is 13.2. The van der Waals surface area contributed by atoms with Crippen molar-refractivity contribution in [1.29, 1.82) is 0 Å². The fraction of sp³-hybridized carbons (Fsp3) is 0.286. The van der Waals surface area contributed by atoms with Crippen molar-refractivity contribution in [2.24, 2.45) is 4.99 Å². The van der Waals surface area contributed by atoms with Crippen LogP contribution in [0.5, 0.6) is 0 Å². The zero-order valence-electron chi connectivity index (χ0n) is 16.2. The summed E-state index contributed by atoms with van der Waals surface area (Å²) in [4.78, 5) is 30.4. The Labute approximate surface area is 186 Å². The van der Waals surface area contributed by atoms with E-state index in [4.69, 9.17) is 0 Å². The van der Waals surface area contributed by atoms with Gasteiger partial charge in [-0.3, -0.25) is 19.5 Å². The fourth-order valence-corrected chi connectivity index (χ4v) is 3.06. The smallest absolute Gasteiger partial charge is 0.261 e. The van der Waals surface area contributed by atoms with Crippen molar-refractivity contribution in [1.82, 2.24) is 15.5 Å². The SMILES string of the molecule is CCNC(=NCCc1cccc(F)c1)NCCN1C(=O)c2ccccc2C1=O.I. The minimum Gasteiger partial charge on any atom is -0.357 e. The number of imide groups is 1. The van der Waals surface area contributed by atoms with Crippen molar-refractivity contribution < 1.29 is 14.0 Å². The summed E-state index contributed by atoms with van der Waals surface area (Å²) in [7, 11) is 0. The highest BCUT2D eigenvalue weighted by Gasteiger charge is 2.34. The highest BCUT2D eigenvalue weighted by molar-refractivity contribution is 14.0. The summed E-state index contributed by atoms with van der Waals surface area (Å²) in [5, 5.41) is 6.25. The molecule has 0 saturated heterocycles. The van der Waals surface area contributed by atoms with Crippen molar-refractivity contribution in [3.63, 3.8) is 0 Å². The van der Waals surface area contributed by atoms with Gasteiger partial charge in [-0.15, -0.1) is 24.0 Å². The molecule has 0 aromatic heterocycles. The Morgan fingerprint density at radius 3 is 2.34 bits per heavy atom. The molecule has 2 N–H and O–H groups in total. The third kappa shape index (κ3) is 5.75. The van der Waals surface area contributed by atoms with Crippen LogP contribution >= 0.6 is 24.0 Å². The topological polar surface area (TPSA) is 73.8 Å². The Morgan fingerprint density at radius 1 is 1.03 bits per heavy atom. The fourth-order valence-electron chi connectivity index (χ4n) is 3.06. The minimum atomic E-state index is -0.268. The molecule has 8 heteroatoms. The second-order valence-corrected chi connectivity index (χ2v) is 6.37. The molecule has 0 spiro atoms. The molecule has 0 fully saturated rings. The van der Waals surface area contributed by atoms with Gasteiger partial charge in [-0.25, -0.2) is 4.39 Å². The summed E-state index contributed by atoms with van der Waals surface area (Å²) in [6.07, 6.45) is 0.618. The van der Waals surface area contributed by atoms with Gasteiger partial charge < -0.3 is 10.6 Å². The second-order valence-electron chi connectivity index (χ2n) is 6.37. The molecule has 3 rings (SSSR count). The summed E-state index contributed by atoms with van der Waals surface area (Å²) >= 11 is 0. The molecule has 154 valence electrons. The first kappa shape index (κ1) is 22.8. The van der Waals surface area contributed by atoms with E-state index in [2.05, 4.69) is 15.6 Å². The van der Waals surface area contributed by atoms with Crippen LogP contribution in [0, 0.1) is 5.82 Å². The van der Waals surface area contributed by atoms with Crippen LogP contribution < -0.4 is 10.6 Å². The number of carbonyl (C=O) groups excluding carboxylic acids is 2. The van der Waals surface area contributed by atoms with Crippen molar-refractivity contribution >= 4 is 41.8 Å². The molecule has 2 aromatic carbocycles. The number of halogens is 2. The highest BCUT2D eigenvalue weighted by Crippen LogP contribution is 2.21. The zero-order valence-corrected chi connectivity index (χ0v) is 18.5. The van der Waals surface area contributed by atoms with Crippen molar-refractivity contribution in [3.8, 4) is 0 Å².